The molecule has 1 N–H and O–H groups in total. The Morgan fingerprint density at radius 3 is 2.06 bits per heavy atom. The van der Waals surface area contributed by atoms with Crippen LogP contribution in [-0.2, 0) is 5.60 Å². The molecule has 8 heteroatoms. The van der Waals surface area contributed by atoms with Crippen LogP contribution in [0.2, 0.25) is 0 Å². The molecule has 0 heterocycles. The van der Waals surface area contributed by atoms with Crippen LogP contribution in [0.25, 0.3) is 20.9 Å². The molecule has 18 heavy (non-hydrogen) atoms. The average molecular weight is 248 g/mol. The summed E-state index contributed by atoms with van der Waals surface area (Å²) in [6, 6.07) is 6.57. The van der Waals surface area contributed by atoms with Gasteiger partial charge in [0, 0.05) is 9.82 Å². The van der Waals surface area contributed by atoms with Crippen molar-refractivity contribution in [3.8, 4) is 5.75 Å². The third-order valence-corrected chi connectivity index (χ3v) is 2.42. The zero-order chi connectivity index (χ0) is 13.4. The Labute approximate surface area is 103 Å². The molecule has 0 fully saturated rings. The summed E-state index contributed by atoms with van der Waals surface area (Å²) >= 11 is 0. The van der Waals surface area contributed by atoms with E-state index in [1.54, 1.807) is 24.3 Å². The zero-order valence-corrected chi connectivity index (χ0v) is 9.76. The van der Waals surface area contributed by atoms with Gasteiger partial charge >= 0.3 is 0 Å². The number of hydrogen-bond acceptors (Lipinski definition) is 4. The topological polar surface area (TPSA) is 127 Å². The second-order valence-electron chi connectivity index (χ2n) is 3.54. The molecular formula is C10H12N6O2. The molecule has 1 aromatic rings. The monoisotopic (exact) mass is 248 g/mol. The minimum Gasteiger partial charge on any atom is -0.497 e. The molecule has 0 aliphatic heterocycles. The van der Waals surface area contributed by atoms with Gasteiger partial charge in [-0.3, -0.25) is 0 Å². The van der Waals surface area contributed by atoms with Gasteiger partial charge in [-0.25, -0.2) is 0 Å². The Hall–Kier alpha value is -2.40. The lowest BCUT2D eigenvalue weighted by Gasteiger charge is -2.25. The Balaban J connectivity index is 3.06. The van der Waals surface area contributed by atoms with E-state index < -0.39 is 5.60 Å². The normalized spacial score (nSPS) is 12.8. The highest BCUT2D eigenvalue weighted by molar-refractivity contribution is 5.31. The first kappa shape index (κ1) is 13.7. The minimum absolute atomic E-state index is 0.213. The van der Waals surface area contributed by atoms with Crippen molar-refractivity contribution in [3.63, 3.8) is 0 Å². The Kier molecular flexibility index (Phi) is 4.83. The smallest absolute Gasteiger partial charge is 0.118 e. The predicted octanol–water partition coefficient (Wildman–Crippen LogP) is 2.50. The molecule has 0 spiro atoms. The van der Waals surface area contributed by atoms with Gasteiger partial charge in [-0.05, 0) is 28.8 Å². The van der Waals surface area contributed by atoms with Gasteiger partial charge in [0.1, 0.15) is 11.4 Å². The third-order valence-electron chi connectivity index (χ3n) is 2.42. The molecule has 0 unspecified atom stereocenters. The molecule has 0 saturated heterocycles. The van der Waals surface area contributed by atoms with E-state index in [0.717, 1.165) is 0 Å². The second-order valence-corrected chi connectivity index (χ2v) is 3.54. The number of nitrogens with zero attached hydrogens (tertiary/aromatic N) is 6. The maximum absolute atomic E-state index is 10.3. The third kappa shape index (κ3) is 3.29. The van der Waals surface area contributed by atoms with Crippen LogP contribution in [0, 0.1) is 0 Å². The van der Waals surface area contributed by atoms with Gasteiger partial charge < -0.3 is 9.84 Å². The van der Waals surface area contributed by atoms with Crippen LogP contribution in [0.1, 0.15) is 5.56 Å². The summed E-state index contributed by atoms with van der Waals surface area (Å²) in [5, 5.41) is 17.0. The molecule has 0 atom stereocenters. The largest absolute Gasteiger partial charge is 0.497 e. The summed E-state index contributed by atoms with van der Waals surface area (Å²) in [5.41, 5.74) is 15.6. The van der Waals surface area contributed by atoms with E-state index in [0.29, 0.717) is 11.3 Å². The van der Waals surface area contributed by atoms with Crippen molar-refractivity contribution in [3.05, 3.63) is 50.7 Å². The van der Waals surface area contributed by atoms with Crippen LogP contribution in [-0.4, -0.2) is 25.3 Å². The number of rotatable bonds is 6. The Morgan fingerprint density at radius 1 is 1.17 bits per heavy atom. The van der Waals surface area contributed by atoms with Gasteiger partial charge in [0.05, 0.1) is 20.2 Å². The summed E-state index contributed by atoms with van der Waals surface area (Å²) in [6.07, 6.45) is 0. The SMILES string of the molecule is COc1ccc(C(O)(CN=[N+]=[N-])CN=[N+]=[N-])cc1. The number of ether oxygens (including phenoxy) is 1. The van der Waals surface area contributed by atoms with Gasteiger partial charge in [0.15, 0.2) is 0 Å². The van der Waals surface area contributed by atoms with Crippen LogP contribution in [0.15, 0.2) is 34.5 Å². The van der Waals surface area contributed by atoms with Crippen molar-refractivity contribution in [1.82, 2.24) is 0 Å². The van der Waals surface area contributed by atoms with E-state index in [4.69, 9.17) is 15.8 Å². The van der Waals surface area contributed by atoms with Gasteiger partial charge in [-0.15, -0.1) is 0 Å². The highest BCUT2D eigenvalue weighted by Crippen LogP contribution is 2.24. The maximum atomic E-state index is 10.3. The van der Waals surface area contributed by atoms with Crippen molar-refractivity contribution in [2.45, 2.75) is 5.60 Å². The Bertz CT molecular complexity index is 468. The molecule has 0 saturated carbocycles. The lowest BCUT2D eigenvalue weighted by molar-refractivity contribution is 0.0556. The molecule has 1 aromatic carbocycles. The van der Waals surface area contributed by atoms with Gasteiger partial charge in [0.2, 0.25) is 0 Å². The summed E-state index contributed by atoms with van der Waals surface area (Å²) in [7, 11) is 1.53. The summed E-state index contributed by atoms with van der Waals surface area (Å²) in [6.45, 7) is -0.427. The lowest BCUT2D eigenvalue weighted by atomic mass is 9.94. The number of methoxy groups -OCH3 is 1. The van der Waals surface area contributed by atoms with Crippen LogP contribution in [0.4, 0.5) is 0 Å². The van der Waals surface area contributed by atoms with Gasteiger partial charge in [-0.1, -0.05) is 22.4 Å². The molecular weight excluding hydrogens is 236 g/mol. The van der Waals surface area contributed by atoms with E-state index >= 15 is 0 Å². The number of hydrogen-bond donors (Lipinski definition) is 1. The summed E-state index contributed by atoms with van der Waals surface area (Å²) in [5.74, 6) is 0.633. The summed E-state index contributed by atoms with van der Waals surface area (Å²) < 4.78 is 5.00. The first-order valence-electron chi connectivity index (χ1n) is 5.05. The van der Waals surface area contributed by atoms with Crippen molar-refractivity contribution in [2.24, 2.45) is 10.2 Å². The van der Waals surface area contributed by atoms with E-state index in [-0.39, 0.29) is 13.1 Å². The summed E-state index contributed by atoms with van der Waals surface area (Å²) in [4.78, 5) is 5.19. The van der Waals surface area contributed by atoms with Crippen LogP contribution in [0.3, 0.4) is 0 Å². The molecule has 1 rings (SSSR count). The first-order valence-corrected chi connectivity index (χ1v) is 5.05. The lowest BCUT2D eigenvalue weighted by Crippen LogP contribution is -2.32. The van der Waals surface area contributed by atoms with Crippen molar-refractivity contribution in [1.29, 1.82) is 0 Å². The average Bonchev–Trinajstić information content (AvgIpc) is 2.43. The minimum atomic E-state index is -1.51. The van der Waals surface area contributed by atoms with Gasteiger partial charge in [0.25, 0.3) is 0 Å². The van der Waals surface area contributed by atoms with Crippen LogP contribution < -0.4 is 4.74 Å². The van der Waals surface area contributed by atoms with Crippen molar-refractivity contribution in [2.75, 3.05) is 20.2 Å². The first-order chi connectivity index (χ1) is 8.66. The zero-order valence-electron chi connectivity index (χ0n) is 9.76. The quantitative estimate of drug-likeness (QED) is 0.471. The number of azide groups is 2. The van der Waals surface area contributed by atoms with E-state index in [1.807, 2.05) is 0 Å². The molecule has 94 valence electrons. The predicted molar refractivity (Wildman–Crippen MR) is 64.9 cm³/mol. The van der Waals surface area contributed by atoms with Crippen molar-refractivity contribution < 1.29 is 9.84 Å². The van der Waals surface area contributed by atoms with E-state index in [9.17, 15) is 5.11 Å². The number of benzene rings is 1. The van der Waals surface area contributed by atoms with E-state index in [2.05, 4.69) is 20.1 Å². The molecule has 0 aromatic heterocycles. The fourth-order valence-corrected chi connectivity index (χ4v) is 1.43. The molecule has 0 bridgehead atoms. The molecule has 0 radical (unpaired) electrons. The standard InChI is InChI=1S/C10H12N6O2/c1-18-9-4-2-8(3-5-9)10(17,6-13-15-11)7-14-16-12/h2-5,17H,6-7H2,1H3. The second kappa shape index (κ2) is 6.36. The maximum Gasteiger partial charge on any atom is 0.118 e. The molecule has 8 nitrogen and oxygen atoms in total. The van der Waals surface area contributed by atoms with Gasteiger partial charge in [-0.2, -0.15) is 0 Å². The molecule has 0 aliphatic carbocycles. The molecule has 0 aliphatic rings. The van der Waals surface area contributed by atoms with Crippen molar-refractivity contribution >= 4 is 0 Å². The fourth-order valence-electron chi connectivity index (χ4n) is 1.43. The van der Waals surface area contributed by atoms with Crippen LogP contribution >= 0.6 is 0 Å². The number of aliphatic hydroxyl groups is 1. The van der Waals surface area contributed by atoms with Crippen LogP contribution in [0.5, 0.6) is 5.75 Å². The fraction of sp³-hybridized carbons (Fsp3) is 0.400. The van der Waals surface area contributed by atoms with E-state index in [1.165, 1.54) is 7.11 Å². The highest BCUT2D eigenvalue weighted by Gasteiger charge is 2.27. The molecule has 0 amide bonds. The highest BCUT2D eigenvalue weighted by atomic mass is 16.5. The Morgan fingerprint density at radius 2 is 1.67 bits per heavy atom.